The Morgan fingerprint density at radius 3 is 2.79 bits per heavy atom. The van der Waals surface area contributed by atoms with E-state index < -0.39 is 6.10 Å². The zero-order valence-corrected chi connectivity index (χ0v) is 8.76. The fourth-order valence-corrected chi connectivity index (χ4v) is 1.55. The van der Waals surface area contributed by atoms with Gasteiger partial charge in [-0.15, -0.1) is 0 Å². The lowest BCUT2D eigenvalue weighted by molar-refractivity contribution is 0.162. The standard InChI is InChI=1S/C12H17FO/c1-3-4-11(14)8-10-7-9(2)5-6-12(10)13/h5-7,11,14H,3-4,8H2,1-2H3/t11-/m0/s1. The fraction of sp³-hybridized carbons (Fsp3) is 0.500. The molecule has 0 amide bonds. The molecule has 0 radical (unpaired) electrons. The molecule has 0 unspecified atom stereocenters. The number of rotatable bonds is 4. The van der Waals surface area contributed by atoms with Gasteiger partial charge in [-0.3, -0.25) is 0 Å². The van der Waals surface area contributed by atoms with Gasteiger partial charge in [-0.2, -0.15) is 0 Å². The van der Waals surface area contributed by atoms with Crippen molar-refractivity contribution in [2.45, 2.75) is 39.2 Å². The van der Waals surface area contributed by atoms with Gasteiger partial charge in [0.05, 0.1) is 6.10 Å². The molecule has 0 aliphatic rings. The van der Waals surface area contributed by atoms with Crippen molar-refractivity contribution in [3.63, 3.8) is 0 Å². The van der Waals surface area contributed by atoms with E-state index in [0.29, 0.717) is 12.0 Å². The first-order valence-corrected chi connectivity index (χ1v) is 5.06. The summed E-state index contributed by atoms with van der Waals surface area (Å²) in [5.74, 6) is -0.217. The van der Waals surface area contributed by atoms with Crippen molar-refractivity contribution >= 4 is 0 Å². The van der Waals surface area contributed by atoms with Crippen molar-refractivity contribution in [2.75, 3.05) is 0 Å². The first kappa shape index (κ1) is 11.2. The molecule has 0 aliphatic heterocycles. The maximum Gasteiger partial charge on any atom is 0.126 e. The Hall–Kier alpha value is -0.890. The number of halogens is 1. The topological polar surface area (TPSA) is 20.2 Å². The van der Waals surface area contributed by atoms with Crippen molar-refractivity contribution in [1.29, 1.82) is 0 Å². The van der Waals surface area contributed by atoms with Gasteiger partial charge in [-0.25, -0.2) is 4.39 Å². The second kappa shape index (κ2) is 5.11. The number of aliphatic hydroxyl groups excluding tert-OH is 1. The van der Waals surface area contributed by atoms with Gasteiger partial charge < -0.3 is 5.11 Å². The van der Waals surface area contributed by atoms with Crippen LogP contribution in [0.2, 0.25) is 0 Å². The van der Waals surface area contributed by atoms with Crippen LogP contribution >= 0.6 is 0 Å². The molecule has 1 nitrogen and oxygen atoms in total. The monoisotopic (exact) mass is 196 g/mol. The molecule has 78 valence electrons. The van der Waals surface area contributed by atoms with Crippen molar-refractivity contribution in [3.05, 3.63) is 35.1 Å². The minimum atomic E-state index is -0.420. The third kappa shape index (κ3) is 3.11. The number of benzene rings is 1. The lowest BCUT2D eigenvalue weighted by atomic mass is 10.0. The molecule has 1 aromatic rings. The van der Waals surface area contributed by atoms with E-state index in [2.05, 4.69) is 0 Å². The largest absolute Gasteiger partial charge is 0.393 e. The van der Waals surface area contributed by atoms with Crippen molar-refractivity contribution < 1.29 is 9.50 Å². The van der Waals surface area contributed by atoms with Gasteiger partial charge in [-0.05, 0) is 25.0 Å². The molecule has 14 heavy (non-hydrogen) atoms. The Kier molecular flexibility index (Phi) is 4.08. The zero-order valence-electron chi connectivity index (χ0n) is 8.76. The zero-order chi connectivity index (χ0) is 10.6. The van der Waals surface area contributed by atoms with E-state index in [0.717, 1.165) is 18.4 Å². The highest BCUT2D eigenvalue weighted by atomic mass is 19.1. The maximum absolute atomic E-state index is 13.3. The summed E-state index contributed by atoms with van der Waals surface area (Å²) >= 11 is 0. The quantitative estimate of drug-likeness (QED) is 0.785. The van der Waals surface area contributed by atoms with Crippen LogP contribution in [0.15, 0.2) is 18.2 Å². The summed E-state index contributed by atoms with van der Waals surface area (Å²) in [7, 11) is 0. The highest BCUT2D eigenvalue weighted by molar-refractivity contribution is 5.24. The molecule has 0 fully saturated rings. The lowest BCUT2D eigenvalue weighted by Crippen LogP contribution is -2.11. The van der Waals surface area contributed by atoms with E-state index in [-0.39, 0.29) is 5.82 Å². The van der Waals surface area contributed by atoms with E-state index in [1.165, 1.54) is 6.07 Å². The van der Waals surface area contributed by atoms with Gasteiger partial charge in [0, 0.05) is 6.42 Å². The molecule has 0 aliphatic carbocycles. The molecule has 1 rings (SSSR count). The number of hydrogen-bond donors (Lipinski definition) is 1. The van der Waals surface area contributed by atoms with Crippen LogP contribution in [0.5, 0.6) is 0 Å². The van der Waals surface area contributed by atoms with E-state index >= 15 is 0 Å². The minimum absolute atomic E-state index is 0.217. The molecular weight excluding hydrogens is 179 g/mol. The number of aryl methyl sites for hydroxylation is 1. The van der Waals surface area contributed by atoms with Gasteiger partial charge in [-0.1, -0.05) is 31.0 Å². The summed E-state index contributed by atoms with van der Waals surface area (Å²) < 4.78 is 13.3. The second-order valence-corrected chi connectivity index (χ2v) is 3.74. The summed E-state index contributed by atoms with van der Waals surface area (Å²) in [4.78, 5) is 0. The summed E-state index contributed by atoms with van der Waals surface area (Å²) in [6.45, 7) is 3.94. The first-order valence-electron chi connectivity index (χ1n) is 5.06. The Labute approximate surface area is 84.6 Å². The van der Waals surface area contributed by atoms with E-state index in [1.807, 2.05) is 13.8 Å². The summed E-state index contributed by atoms with van der Waals surface area (Å²) in [6.07, 6.45) is 1.65. The highest BCUT2D eigenvalue weighted by Gasteiger charge is 2.08. The normalized spacial score (nSPS) is 12.9. The van der Waals surface area contributed by atoms with Gasteiger partial charge >= 0.3 is 0 Å². The molecule has 0 saturated carbocycles. The van der Waals surface area contributed by atoms with Gasteiger partial charge in [0.2, 0.25) is 0 Å². The maximum atomic E-state index is 13.3. The van der Waals surface area contributed by atoms with Crippen molar-refractivity contribution in [1.82, 2.24) is 0 Å². The predicted octanol–water partition coefficient (Wildman–Crippen LogP) is 2.84. The van der Waals surface area contributed by atoms with Gasteiger partial charge in [0.25, 0.3) is 0 Å². The average Bonchev–Trinajstić information content (AvgIpc) is 2.12. The van der Waals surface area contributed by atoms with Crippen molar-refractivity contribution in [2.24, 2.45) is 0 Å². The van der Waals surface area contributed by atoms with Gasteiger partial charge in [0.1, 0.15) is 5.82 Å². The van der Waals surface area contributed by atoms with Crippen LogP contribution in [-0.2, 0) is 6.42 Å². The molecule has 0 bridgehead atoms. The molecule has 0 spiro atoms. The molecular formula is C12H17FO. The predicted molar refractivity (Wildman–Crippen MR) is 55.8 cm³/mol. The van der Waals surface area contributed by atoms with Crippen molar-refractivity contribution in [3.8, 4) is 0 Å². The molecule has 1 aromatic carbocycles. The summed E-state index contributed by atoms with van der Waals surface area (Å²) in [6, 6.07) is 5.00. The van der Waals surface area contributed by atoms with Crippen LogP contribution < -0.4 is 0 Å². The smallest absolute Gasteiger partial charge is 0.126 e. The Morgan fingerprint density at radius 1 is 1.43 bits per heavy atom. The van der Waals surface area contributed by atoms with Crippen LogP contribution in [0.25, 0.3) is 0 Å². The SMILES string of the molecule is CCC[C@H](O)Cc1cc(C)ccc1F. The lowest BCUT2D eigenvalue weighted by Gasteiger charge is -2.10. The molecule has 1 atom stereocenters. The Morgan fingerprint density at radius 2 is 2.14 bits per heavy atom. The molecule has 2 heteroatoms. The summed E-state index contributed by atoms with van der Waals surface area (Å²) in [5, 5.41) is 9.55. The Balaban J connectivity index is 2.70. The van der Waals surface area contributed by atoms with Crippen LogP contribution in [0.4, 0.5) is 4.39 Å². The Bertz CT molecular complexity index is 296. The van der Waals surface area contributed by atoms with E-state index in [1.54, 1.807) is 12.1 Å². The number of hydrogen-bond acceptors (Lipinski definition) is 1. The van der Waals surface area contributed by atoms with Crippen LogP contribution in [0, 0.1) is 12.7 Å². The second-order valence-electron chi connectivity index (χ2n) is 3.74. The first-order chi connectivity index (χ1) is 6.63. The molecule has 1 N–H and O–H groups in total. The van der Waals surface area contributed by atoms with E-state index in [4.69, 9.17) is 0 Å². The number of aliphatic hydroxyl groups is 1. The molecule has 0 heterocycles. The van der Waals surface area contributed by atoms with E-state index in [9.17, 15) is 9.50 Å². The van der Waals surface area contributed by atoms with Crippen LogP contribution in [0.1, 0.15) is 30.9 Å². The van der Waals surface area contributed by atoms with Crippen LogP contribution in [0.3, 0.4) is 0 Å². The molecule has 0 saturated heterocycles. The third-order valence-electron chi connectivity index (χ3n) is 2.28. The fourth-order valence-electron chi connectivity index (χ4n) is 1.55. The summed E-state index contributed by atoms with van der Waals surface area (Å²) in [5.41, 5.74) is 1.65. The minimum Gasteiger partial charge on any atom is -0.393 e. The molecule has 0 aromatic heterocycles. The third-order valence-corrected chi connectivity index (χ3v) is 2.28. The van der Waals surface area contributed by atoms with Crippen LogP contribution in [-0.4, -0.2) is 11.2 Å². The highest BCUT2D eigenvalue weighted by Crippen LogP contribution is 2.13. The average molecular weight is 196 g/mol. The van der Waals surface area contributed by atoms with Gasteiger partial charge in [0.15, 0.2) is 0 Å².